The lowest BCUT2D eigenvalue weighted by Crippen LogP contribution is -2.27. The first-order valence-electron chi connectivity index (χ1n) is 9.23. The molecular formula is C23H24BrNO4. The highest BCUT2D eigenvalue weighted by atomic mass is 79.9. The fourth-order valence-electron chi connectivity index (χ4n) is 2.80. The molecule has 0 unspecified atom stereocenters. The third-order valence-electron chi connectivity index (χ3n) is 4.07. The summed E-state index contributed by atoms with van der Waals surface area (Å²) in [6.45, 7) is 5.96. The van der Waals surface area contributed by atoms with E-state index in [1.807, 2.05) is 75.4 Å². The Hall–Kier alpha value is -2.73. The number of ether oxygens (including phenoxy) is 3. The molecule has 0 fully saturated rings. The number of aromatic nitrogens is 1. The summed E-state index contributed by atoms with van der Waals surface area (Å²) in [7, 11) is 1.59. The Morgan fingerprint density at radius 1 is 1.03 bits per heavy atom. The van der Waals surface area contributed by atoms with Gasteiger partial charge in [0.25, 0.3) is 0 Å². The summed E-state index contributed by atoms with van der Waals surface area (Å²) in [5.41, 5.74) is 1.99. The van der Waals surface area contributed by atoms with Gasteiger partial charge >= 0.3 is 6.09 Å². The van der Waals surface area contributed by atoms with Crippen LogP contribution in [-0.2, 0) is 11.3 Å². The van der Waals surface area contributed by atoms with Crippen molar-refractivity contribution in [1.29, 1.82) is 0 Å². The number of hydrogen-bond acceptors (Lipinski definition) is 4. The molecular weight excluding hydrogens is 434 g/mol. The molecule has 0 aliphatic rings. The number of rotatable bonds is 5. The second kappa shape index (κ2) is 8.74. The van der Waals surface area contributed by atoms with Gasteiger partial charge in [-0.25, -0.2) is 4.79 Å². The van der Waals surface area contributed by atoms with E-state index in [0.29, 0.717) is 23.8 Å². The van der Waals surface area contributed by atoms with Crippen LogP contribution in [0.1, 0.15) is 26.3 Å². The first-order chi connectivity index (χ1) is 13.8. The zero-order chi connectivity index (χ0) is 21.0. The molecule has 0 amide bonds. The Labute approximate surface area is 179 Å². The SMILES string of the molecule is COc1cc(-c2cc(Br)cn2C(=O)OC(C)(C)C)ccc1OCc1ccccc1. The Morgan fingerprint density at radius 3 is 2.41 bits per heavy atom. The molecule has 3 aromatic rings. The second-order valence-corrected chi connectivity index (χ2v) is 8.45. The van der Waals surface area contributed by atoms with Crippen LogP contribution in [0.3, 0.4) is 0 Å². The Bertz CT molecular complexity index is 990. The van der Waals surface area contributed by atoms with Gasteiger partial charge in [-0.05, 0) is 66.5 Å². The molecule has 6 heteroatoms. The minimum absolute atomic E-state index is 0.441. The molecule has 0 N–H and O–H groups in total. The van der Waals surface area contributed by atoms with Gasteiger partial charge in [-0.3, -0.25) is 4.57 Å². The number of hydrogen-bond donors (Lipinski definition) is 0. The summed E-state index contributed by atoms with van der Waals surface area (Å²) in [4.78, 5) is 12.6. The summed E-state index contributed by atoms with van der Waals surface area (Å²) in [5, 5.41) is 0. The summed E-state index contributed by atoms with van der Waals surface area (Å²) < 4.78 is 19.2. The van der Waals surface area contributed by atoms with Crippen molar-refractivity contribution in [2.24, 2.45) is 0 Å². The Balaban J connectivity index is 1.87. The van der Waals surface area contributed by atoms with Crippen LogP contribution in [0, 0.1) is 0 Å². The first kappa shape index (κ1) is 21.0. The Morgan fingerprint density at radius 2 is 1.76 bits per heavy atom. The van der Waals surface area contributed by atoms with Crippen LogP contribution in [0.25, 0.3) is 11.3 Å². The predicted octanol–water partition coefficient (Wildman–Crippen LogP) is 6.29. The molecule has 0 saturated heterocycles. The summed E-state index contributed by atoms with van der Waals surface area (Å²) in [6, 6.07) is 17.4. The topological polar surface area (TPSA) is 49.7 Å². The fraction of sp³-hybridized carbons (Fsp3) is 0.261. The van der Waals surface area contributed by atoms with Crippen molar-refractivity contribution >= 4 is 22.0 Å². The van der Waals surface area contributed by atoms with Gasteiger partial charge in [-0.2, -0.15) is 0 Å². The van der Waals surface area contributed by atoms with E-state index >= 15 is 0 Å². The highest BCUT2D eigenvalue weighted by Crippen LogP contribution is 2.35. The normalized spacial score (nSPS) is 11.2. The van der Waals surface area contributed by atoms with Crippen molar-refractivity contribution < 1.29 is 19.0 Å². The van der Waals surface area contributed by atoms with Crippen LogP contribution < -0.4 is 9.47 Å². The lowest BCUT2D eigenvalue weighted by atomic mass is 10.1. The fourth-order valence-corrected chi connectivity index (χ4v) is 3.22. The van der Waals surface area contributed by atoms with Crippen molar-refractivity contribution in [3.05, 3.63) is 70.8 Å². The summed E-state index contributed by atoms with van der Waals surface area (Å²) in [5.74, 6) is 1.22. The van der Waals surface area contributed by atoms with Crippen LogP contribution in [-0.4, -0.2) is 23.4 Å². The zero-order valence-corrected chi connectivity index (χ0v) is 18.5. The smallest absolute Gasteiger partial charge is 0.419 e. The van der Waals surface area contributed by atoms with Crippen LogP contribution in [0.15, 0.2) is 65.3 Å². The molecule has 2 aromatic carbocycles. The van der Waals surface area contributed by atoms with Gasteiger partial charge in [0.1, 0.15) is 12.2 Å². The predicted molar refractivity (Wildman–Crippen MR) is 117 cm³/mol. The maximum Gasteiger partial charge on any atom is 0.419 e. The number of methoxy groups -OCH3 is 1. The minimum atomic E-state index is -0.585. The van der Waals surface area contributed by atoms with Gasteiger partial charge < -0.3 is 14.2 Å². The zero-order valence-electron chi connectivity index (χ0n) is 16.9. The van der Waals surface area contributed by atoms with Gasteiger partial charge in [-0.15, -0.1) is 0 Å². The number of halogens is 1. The monoisotopic (exact) mass is 457 g/mol. The molecule has 0 aliphatic heterocycles. The Kier molecular flexibility index (Phi) is 6.33. The molecule has 1 heterocycles. The van der Waals surface area contributed by atoms with Gasteiger partial charge in [0, 0.05) is 16.2 Å². The number of nitrogens with zero attached hydrogens (tertiary/aromatic N) is 1. The van der Waals surface area contributed by atoms with Crippen LogP contribution in [0.4, 0.5) is 4.79 Å². The average Bonchev–Trinajstić information content (AvgIpc) is 3.08. The van der Waals surface area contributed by atoms with Gasteiger partial charge in [0.15, 0.2) is 11.5 Å². The molecule has 0 spiro atoms. The van der Waals surface area contributed by atoms with Crippen molar-refractivity contribution in [2.45, 2.75) is 33.0 Å². The highest BCUT2D eigenvalue weighted by molar-refractivity contribution is 9.10. The lowest BCUT2D eigenvalue weighted by Gasteiger charge is -2.20. The standard InChI is InChI=1S/C23H24BrNO4/c1-23(2,3)29-22(26)25-14-18(24)13-19(25)17-10-11-20(21(12-17)27-4)28-15-16-8-6-5-7-9-16/h5-14H,15H2,1-4H3. The number of benzene rings is 2. The third-order valence-corrected chi connectivity index (χ3v) is 4.51. The van der Waals surface area contributed by atoms with Crippen molar-refractivity contribution in [3.8, 4) is 22.8 Å². The molecule has 29 heavy (non-hydrogen) atoms. The highest BCUT2D eigenvalue weighted by Gasteiger charge is 2.21. The van der Waals surface area contributed by atoms with Gasteiger partial charge in [0.05, 0.1) is 12.8 Å². The quantitative estimate of drug-likeness (QED) is 0.451. The lowest BCUT2D eigenvalue weighted by molar-refractivity contribution is 0.0540. The van der Waals surface area contributed by atoms with Gasteiger partial charge in [0.2, 0.25) is 0 Å². The number of carbonyl (C=O) groups is 1. The van der Waals surface area contributed by atoms with E-state index in [1.54, 1.807) is 13.3 Å². The maximum atomic E-state index is 12.6. The molecule has 3 rings (SSSR count). The molecule has 0 aliphatic carbocycles. The summed E-state index contributed by atoms with van der Waals surface area (Å²) >= 11 is 3.44. The minimum Gasteiger partial charge on any atom is -0.493 e. The van der Waals surface area contributed by atoms with E-state index in [1.165, 1.54) is 4.57 Å². The van der Waals surface area contributed by atoms with Crippen molar-refractivity contribution in [1.82, 2.24) is 4.57 Å². The maximum absolute atomic E-state index is 12.6. The second-order valence-electron chi connectivity index (χ2n) is 7.53. The molecule has 5 nitrogen and oxygen atoms in total. The molecule has 152 valence electrons. The molecule has 0 radical (unpaired) electrons. The van der Waals surface area contributed by atoms with E-state index in [0.717, 1.165) is 15.6 Å². The van der Waals surface area contributed by atoms with Crippen LogP contribution in [0.5, 0.6) is 11.5 Å². The van der Waals surface area contributed by atoms with Crippen LogP contribution >= 0.6 is 15.9 Å². The van der Waals surface area contributed by atoms with E-state index in [2.05, 4.69) is 15.9 Å². The van der Waals surface area contributed by atoms with Gasteiger partial charge in [-0.1, -0.05) is 30.3 Å². The first-order valence-corrected chi connectivity index (χ1v) is 10.0. The van der Waals surface area contributed by atoms with Crippen molar-refractivity contribution in [3.63, 3.8) is 0 Å². The van der Waals surface area contributed by atoms with E-state index in [9.17, 15) is 4.79 Å². The van der Waals surface area contributed by atoms with Crippen LogP contribution in [0.2, 0.25) is 0 Å². The molecule has 0 bridgehead atoms. The van der Waals surface area contributed by atoms with E-state index < -0.39 is 11.7 Å². The average molecular weight is 458 g/mol. The number of carbonyl (C=O) groups excluding carboxylic acids is 1. The molecule has 0 saturated carbocycles. The van der Waals surface area contributed by atoms with E-state index in [-0.39, 0.29) is 0 Å². The molecule has 0 atom stereocenters. The largest absolute Gasteiger partial charge is 0.493 e. The third kappa shape index (κ3) is 5.41. The van der Waals surface area contributed by atoms with Crippen molar-refractivity contribution in [2.75, 3.05) is 7.11 Å². The van der Waals surface area contributed by atoms with E-state index in [4.69, 9.17) is 14.2 Å². The summed E-state index contributed by atoms with van der Waals surface area (Å²) in [6.07, 6.45) is 1.25. The molecule has 1 aromatic heterocycles.